The summed E-state index contributed by atoms with van der Waals surface area (Å²) in [6, 6.07) is 0. The first-order valence-corrected chi connectivity index (χ1v) is 3.48. The van der Waals surface area contributed by atoms with E-state index in [4.69, 9.17) is 9.84 Å². The van der Waals surface area contributed by atoms with Gasteiger partial charge in [0.2, 0.25) is 0 Å². The van der Waals surface area contributed by atoms with Crippen molar-refractivity contribution >= 4 is 6.29 Å². The lowest BCUT2D eigenvalue weighted by Crippen LogP contribution is -2.39. The predicted molar refractivity (Wildman–Crippen MR) is 35.4 cm³/mol. The van der Waals surface area contributed by atoms with Gasteiger partial charge < -0.3 is 14.6 Å². The molecule has 2 atom stereocenters. The molecule has 0 aromatic heterocycles. The minimum absolute atomic E-state index is 0.642. The first kappa shape index (κ1) is 7.69. The fourth-order valence-corrected chi connectivity index (χ4v) is 1.14. The summed E-state index contributed by atoms with van der Waals surface area (Å²) >= 11 is 0. The number of aliphatic hydroxyl groups excluding tert-OH is 1. The van der Waals surface area contributed by atoms with Gasteiger partial charge >= 0.3 is 0 Å². The van der Waals surface area contributed by atoms with Gasteiger partial charge in [-0.1, -0.05) is 0 Å². The normalized spacial score (nSPS) is 41.2. The maximum atomic E-state index is 10.4. The molecular weight excluding hydrogens is 132 g/mol. The molecule has 1 saturated heterocycles. The number of aliphatic hydroxyl groups is 1. The Morgan fingerprint density at radius 1 is 1.80 bits per heavy atom. The average molecular weight is 144 g/mol. The smallest absolute Gasteiger partial charge is 0.155 e. The van der Waals surface area contributed by atoms with Crippen LogP contribution in [0, 0.1) is 0 Å². The molecule has 0 bridgehead atoms. The number of aldehydes is 1. The van der Waals surface area contributed by atoms with Crippen LogP contribution in [0.15, 0.2) is 0 Å². The second kappa shape index (κ2) is 2.68. The summed E-state index contributed by atoms with van der Waals surface area (Å²) in [6.45, 7) is 1.70. The standard InChI is InChI=1S/C7H12O3/c1-7(5-8)4-2-3-6(9)10-7/h5-6,9H,2-4H2,1H3. The highest BCUT2D eigenvalue weighted by Gasteiger charge is 2.31. The fourth-order valence-electron chi connectivity index (χ4n) is 1.14. The molecule has 0 aromatic carbocycles. The molecule has 1 N–H and O–H groups in total. The van der Waals surface area contributed by atoms with E-state index in [2.05, 4.69) is 0 Å². The second-order valence-electron chi connectivity index (χ2n) is 2.90. The van der Waals surface area contributed by atoms with E-state index in [0.717, 1.165) is 12.7 Å². The van der Waals surface area contributed by atoms with Crippen LogP contribution in [0.5, 0.6) is 0 Å². The third kappa shape index (κ3) is 1.55. The zero-order valence-electron chi connectivity index (χ0n) is 6.04. The Labute approximate surface area is 60.0 Å². The lowest BCUT2D eigenvalue weighted by molar-refractivity contribution is -0.200. The van der Waals surface area contributed by atoms with Crippen LogP contribution in [-0.4, -0.2) is 23.3 Å². The minimum atomic E-state index is -0.746. The zero-order chi connectivity index (χ0) is 7.61. The van der Waals surface area contributed by atoms with Gasteiger partial charge in [0.15, 0.2) is 12.6 Å². The van der Waals surface area contributed by atoms with Crippen LogP contribution in [0.25, 0.3) is 0 Å². The van der Waals surface area contributed by atoms with Crippen LogP contribution >= 0.6 is 0 Å². The molecule has 0 amide bonds. The second-order valence-corrected chi connectivity index (χ2v) is 2.90. The Balaban J connectivity index is 2.53. The predicted octanol–water partition coefficient (Wildman–Crippen LogP) is 0.463. The van der Waals surface area contributed by atoms with Crippen molar-refractivity contribution in [1.29, 1.82) is 0 Å². The molecule has 1 fully saturated rings. The van der Waals surface area contributed by atoms with Crippen molar-refractivity contribution in [3.05, 3.63) is 0 Å². The van der Waals surface area contributed by atoms with E-state index in [0.29, 0.717) is 12.8 Å². The molecule has 1 rings (SSSR count). The lowest BCUT2D eigenvalue weighted by Gasteiger charge is -2.31. The van der Waals surface area contributed by atoms with E-state index in [1.807, 2.05) is 0 Å². The molecule has 1 aliphatic heterocycles. The van der Waals surface area contributed by atoms with E-state index in [1.54, 1.807) is 6.92 Å². The Bertz CT molecular complexity index is 135. The number of carbonyl (C=O) groups is 1. The summed E-state index contributed by atoms with van der Waals surface area (Å²) in [5.74, 6) is 0. The number of hydrogen-bond donors (Lipinski definition) is 1. The van der Waals surface area contributed by atoms with Gasteiger partial charge in [0.05, 0.1) is 0 Å². The Kier molecular flexibility index (Phi) is 2.06. The van der Waals surface area contributed by atoms with E-state index in [1.165, 1.54) is 0 Å². The van der Waals surface area contributed by atoms with E-state index in [-0.39, 0.29) is 0 Å². The molecule has 0 saturated carbocycles. The first-order valence-electron chi connectivity index (χ1n) is 3.48. The molecule has 3 nitrogen and oxygen atoms in total. The van der Waals surface area contributed by atoms with Crippen molar-refractivity contribution in [2.24, 2.45) is 0 Å². The first-order chi connectivity index (χ1) is 4.66. The molecule has 10 heavy (non-hydrogen) atoms. The van der Waals surface area contributed by atoms with Gasteiger partial charge in [-0.25, -0.2) is 0 Å². The SMILES string of the molecule is CC1(C=O)CCCC(O)O1. The number of carbonyl (C=O) groups excluding carboxylic acids is 1. The van der Waals surface area contributed by atoms with Gasteiger partial charge in [-0.05, 0) is 26.2 Å². The Morgan fingerprint density at radius 3 is 2.90 bits per heavy atom. The summed E-state index contributed by atoms with van der Waals surface area (Å²) in [6.07, 6.45) is 2.23. The van der Waals surface area contributed by atoms with Crippen LogP contribution in [0.1, 0.15) is 26.2 Å². The maximum absolute atomic E-state index is 10.4. The number of ether oxygens (including phenoxy) is 1. The Morgan fingerprint density at radius 2 is 2.50 bits per heavy atom. The molecule has 1 heterocycles. The molecule has 58 valence electrons. The van der Waals surface area contributed by atoms with Crippen LogP contribution in [0.2, 0.25) is 0 Å². The minimum Gasteiger partial charge on any atom is -0.368 e. The summed E-state index contributed by atoms with van der Waals surface area (Å²) in [4.78, 5) is 10.4. The van der Waals surface area contributed by atoms with Gasteiger partial charge in [-0.2, -0.15) is 0 Å². The van der Waals surface area contributed by atoms with Crippen LogP contribution in [0.3, 0.4) is 0 Å². The molecule has 1 aliphatic rings. The Hall–Kier alpha value is -0.410. The fraction of sp³-hybridized carbons (Fsp3) is 0.857. The topological polar surface area (TPSA) is 46.5 Å². The average Bonchev–Trinajstić information content (AvgIpc) is 1.88. The third-order valence-electron chi connectivity index (χ3n) is 1.78. The van der Waals surface area contributed by atoms with Gasteiger partial charge in [-0.15, -0.1) is 0 Å². The van der Waals surface area contributed by atoms with Crippen molar-refractivity contribution in [3.63, 3.8) is 0 Å². The van der Waals surface area contributed by atoms with E-state index >= 15 is 0 Å². The van der Waals surface area contributed by atoms with Crippen LogP contribution < -0.4 is 0 Å². The summed E-state index contributed by atoms with van der Waals surface area (Å²) in [5, 5.41) is 8.99. The van der Waals surface area contributed by atoms with Crippen molar-refractivity contribution in [1.82, 2.24) is 0 Å². The van der Waals surface area contributed by atoms with Crippen molar-refractivity contribution < 1.29 is 14.6 Å². The molecule has 2 unspecified atom stereocenters. The molecular formula is C7H12O3. The highest BCUT2D eigenvalue weighted by Crippen LogP contribution is 2.25. The molecule has 0 aromatic rings. The van der Waals surface area contributed by atoms with Crippen molar-refractivity contribution in [3.8, 4) is 0 Å². The van der Waals surface area contributed by atoms with Crippen LogP contribution in [0.4, 0.5) is 0 Å². The highest BCUT2D eigenvalue weighted by atomic mass is 16.6. The van der Waals surface area contributed by atoms with Gasteiger partial charge in [0.1, 0.15) is 5.60 Å². The molecule has 0 aliphatic carbocycles. The monoisotopic (exact) mass is 144 g/mol. The quantitative estimate of drug-likeness (QED) is 0.544. The van der Waals surface area contributed by atoms with E-state index in [9.17, 15) is 4.79 Å². The highest BCUT2D eigenvalue weighted by molar-refractivity contribution is 5.61. The number of hydrogen-bond acceptors (Lipinski definition) is 3. The lowest BCUT2D eigenvalue weighted by atomic mass is 9.97. The summed E-state index contributed by atoms with van der Waals surface area (Å²) < 4.78 is 5.01. The number of rotatable bonds is 1. The molecule has 3 heteroatoms. The summed E-state index contributed by atoms with van der Waals surface area (Å²) in [7, 11) is 0. The van der Waals surface area contributed by atoms with Crippen molar-refractivity contribution in [2.45, 2.75) is 38.1 Å². The van der Waals surface area contributed by atoms with Gasteiger partial charge in [0.25, 0.3) is 0 Å². The van der Waals surface area contributed by atoms with Gasteiger partial charge in [0, 0.05) is 0 Å². The maximum Gasteiger partial charge on any atom is 0.155 e. The van der Waals surface area contributed by atoms with E-state index < -0.39 is 11.9 Å². The largest absolute Gasteiger partial charge is 0.368 e. The molecule has 0 radical (unpaired) electrons. The summed E-state index contributed by atoms with van der Waals surface area (Å²) in [5.41, 5.74) is -0.738. The third-order valence-corrected chi connectivity index (χ3v) is 1.78. The van der Waals surface area contributed by atoms with Crippen LogP contribution in [-0.2, 0) is 9.53 Å². The zero-order valence-corrected chi connectivity index (χ0v) is 6.04. The van der Waals surface area contributed by atoms with Crippen molar-refractivity contribution in [2.75, 3.05) is 0 Å². The van der Waals surface area contributed by atoms with Gasteiger partial charge in [-0.3, -0.25) is 0 Å². The molecule has 0 spiro atoms.